The Morgan fingerprint density at radius 1 is 1.45 bits per heavy atom. The largest absolute Gasteiger partial charge is 0.285 e. The summed E-state index contributed by atoms with van der Waals surface area (Å²) in [6, 6.07) is 9.82. The van der Waals surface area contributed by atoms with Gasteiger partial charge in [-0.25, -0.2) is 9.67 Å². The zero-order valence-corrected chi connectivity index (χ0v) is 13.2. The van der Waals surface area contributed by atoms with E-state index >= 15 is 0 Å². The number of para-hydroxylation sites is 1. The number of fused-ring (bicyclic) bond motifs is 1. The molecule has 22 heavy (non-hydrogen) atoms. The number of rotatable bonds is 3. The molecule has 0 saturated heterocycles. The van der Waals surface area contributed by atoms with Crippen molar-refractivity contribution >= 4 is 33.2 Å². The molecule has 0 spiro atoms. The molecule has 0 bridgehead atoms. The lowest BCUT2D eigenvalue weighted by atomic mass is 10.0. The number of hydrogen-bond acceptors (Lipinski definition) is 5. The number of thiazole rings is 1. The molecule has 0 radical (unpaired) electrons. The Hall–Kier alpha value is -2.23. The summed E-state index contributed by atoms with van der Waals surface area (Å²) in [5.74, 6) is -0.698. The van der Waals surface area contributed by atoms with E-state index < -0.39 is 5.92 Å². The summed E-state index contributed by atoms with van der Waals surface area (Å²) in [4.78, 5) is 16.6. The average Bonchev–Trinajstić information content (AvgIpc) is 2.96. The van der Waals surface area contributed by atoms with Crippen molar-refractivity contribution in [3.05, 3.63) is 56.4 Å². The highest BCUT2D eigenvalue weighted by molar-refractivity contribution is 7.18. The van der Waals surface area contributed by atoms with Crippen LogP contribution in [0.1, 0.15) is 23.4 Å². The van der Waals surface area contributed by atoms with Gasteiger partial charge in [0.15, 0.2) is 0 Å². The van der Waals surface area contributed by atoms with Gasteiger partial charge >= 0.3 is 0 Å². The summed E-state index contributed by atoms with van der Waals surface area (Å²) in [5.41, 5.74) is 0.842. The standard InChI is InChI=1S/C15H11ClN4OS/c1-2-20-15(21)13(16)10(8-18-20)9(7-17)14-19-11-5-3-4-6-12(11)22-14/h3-6,8-9H,2H2,1H3/t9-/m0/s1. The Kier molecular flexibility index (Phi) is 3.92. The Labute approximate surface area is 135 Å². The predicted molar refractivity (Wildman–Crippen MR) is 86.3 cm³/mol. The van der Waals surface area contributed by atoms with Crippen LogP contribution in [0.5, 0.6) is 0 Å². The van der Waals surface area contributed by atoms with Crippen molar-refractivity contribution in [3.63, 3.8) is 0 Å². The molecule has 0 aliphatic rings. The monoisotopic (exact) mass is 330 g/mol. The van der Waals surface area contributed by atoms with E-state index in [2.05, 4.69) is 16.2 Å². The van der Waals surface area contributed by atoms with Crippen LogP contribution in [0.15, 0.2) is 35.3 Å². The highest BCUT2D eigenvalue weighted by Gasteiger charge is 2.23. The van der Waals surface area contributed by atoms with Gasteiger partial charge in [-0.05, 0) is 19.1 Å². The van der Waals surface area contributed by atoms with Gasteiger partial charge in [0.2, 0.25) is 0 Å². The zero-order chi connectivity index (χ0) is 15.7. The first-order valence-electron chi connectivity index (χ1n) is 6.66. The maximum Gasteiger partial charge on any atom is 0.285 e. The van der Waals surface area contributed by atoms with Crippen molar-refractivity contribution < 1.29 is 0 Å². The molecular weight excluding hydrogens is 320 g/mol. The third-order valence-corrected chi connectivity index (χ3v) is 4.79. The average molecular weight is 331 g/mol. The molecule has 2 aromatic heterocycles. The van der Waals surface area contributed by atoms with Crippen LogP contribution in [0, 0.1) is 11.3 Å². The van der Waals surface area contributed by atoms with Crippen molar-refractivity contribution in [1.82, 2.24) is 14.8 Å². The number of hydrogen-bond donors (Lipinski definition) is 0. The minimum absolute atomic E-state index is 0.0302. The van der Waals surface area contributed by atoms with E-state index in [0.29, 0.717) is 17.1 Å². The van der Waals surface area contributed by atoms with Gasteiger partial charge < -0.3 is 0 Å². The first-order chi connectivity index (χ1) is 10.7. The summed E-state index contributed by atoms with van der Waals surface area (Å²) >= 11 is 7.57. The molecule has 1 aromatic carbocycles. The lowest BCUT2D eigenvalue weighted by Gasteiger charge is -2.09. The number of benzene rings is 1. The molecule has 5 nitrogen and oxygen atoms in total. The second kappa shape index (κ2) is 5.87. The Balaban J connectivity index is 2.14. The molecule has 0 unspecified atom stereocenters. The van der Waals surface area contributed by atoms with Crippen LogP contribution in [-0.4, -0.2) is 14.8 Å². The molecule has 2 heterocycles. The molecule has 3 aromatic rings. The van der Waals surface area contributed by atoms with E-state index in [4.69, 9.17) is 11.6 Å². The number of halogens is 1. The maximum absolute atomic E-state index is 12.1. The van der Waals surface area contributed by atoms with Crippen LogP contribution in [0.25, 0.3) is 10.2 Å². The van der Waals surface area contributed by atoms with Crippen LogP contribution in [-0.2, 0) is 6.54 Å². The normalized spacial score (nSPS) is 12.2. The fourth-order valence-electron chi connectivity index (χ4n) is 2.18. The minimum atomic E-state index is -0.698. The SMILES string of the molecule is CCn1ncc([C@H](C#N)c2nc3ccccc3s2)c(Cl)c1=O. The summed E-state index contributed by atoms with van der Waals surface area (Å²) in [7, 11) is 0. The molecule has 0 saturated carbocycles. The lowest BCUT2D eigenvalue weighted by molar-refractivity contribution is 0.610. The van der Waals surface area contributed by atoms with Crippen LogP contribution in [0.3, 0.4) is 0 Å². The number of nitriles is 1. The van der Waals surface area contributed by atoms with E-state index in [-0.39, 0.29) is 10.6 Å². The summed E-state index contributed by atoms with van der Waals surface area (Å²) in [6.07, 6.45) is 1.48. The Bertz CT molecular complexity index is 908. The van der Waals surface area contributed by atoms with Gasteiger partial charge in [0, 0.05) is 12.1 Å². The van der Waals surface area contributed by atoms with Gasteiger partial charge in [0.25, 0.3) is 5.56 Å². The summed E-state index contributed by atoms with van der Waals surface area (Å²) < 4.78 is 2.25. The van der Waals surface area contributed by atoms with Crippen LogP contribution in [0.2, 0.25) is 5.02 Å². The summed E-state index contributed by atoms with van der Waals surface area (Å²) in [5, 5.41) is 14.2. The van der Waals surface area contributed by atoms with Crippen LogP contribution < -0.4 is 5.56 Å². The number of nitrogens with zero attached hydrogens (tertiary/aromatic N) is 4. The molecular formula is C15H11ClN4OS. The third-order valence-electron chi connectivity index (χ3n) is 3.31. The van der Waals surface area contributed by atoms with Gasteiger partial charge in [-0.15, -0.1) is 11.3 Å². The van der Waals surface area contributed by atoms with Crippen molar-refractivity contribution in [3.8, 4) is 6.07 Å². The second-order valence-electron chi connectivity index (χ2n) is 4.62. The molecule has 0 N–H and O–H groups in total. The van der Waals surface area contributed by atoms with Crippen molar-refractivity contribution in [1.29, 1.82) is 5.26 Å². The van der Waals surface area contributed by atoms with Crippen LogP contribution >= 0.6 is 22.9 Å². The molecule has 110 valence electrons. The van der Waals surface area contributed by atoms with Gasteiger partial charge in [-0.1, -0.05) is 23.7 Å². The third kappa shape index (κ3) is 2.39. The molecule has 0 amide bonds. The fraction of sp³-hybridized carbons (Fsp3) is 0.200. The van der Waals surface area contributed by atoms with Gasteiger partial charge in [0.1, 0.15) is 15.9 Å². The molecule has 1 atom stereocenters. The Morgan fingerprint density at radius 2 is 2.23 bits per heavy atom. The molecule has 7 heteroatoms. The highest BCUT2D eigenvalue weighted by atomic mass is 35.5. The van der Waals surface area contributed by atoms with Crippen molar-refractivity contribution in [2.75, 3.05) is 0 Å². The maximum atomic E-state index is 12.1. The number of aromatic nitrogens is 3. The minimum Gasteiger partial charge on any atom is -0.266 e. The Morgan fingerprint density at radius 3 is 2.91 bits per heavy atom. The number of aryl methyl sites for hydroxylation is 1. The first kappa shape index (κ1) is 14.7. The second-order valence-corrected chi connectivity index (χ2v) is 6.06. The van der Waals surface area contributed by atoms with E-state index in [1.165, 1.54) is 22.2 Å². The van der Waals surface area contributed by atoms with E-state index in [9.17, 15) is 10.1 Å². The first-order valence-corrected chi connectivity index (χ1v) is 7.85. The van der Waals surface area contributed by atoms with E-state index in [1.54, 1.807) is 6.92 Å². The molecule has 0 aliphatic carbocycles. The quantitative estimate of drug-likeness (QED) is 0.739. The highest BCUT2D eigenvalue weighted by Crippen LogP contribution is 2.33. The smallest absolute Gasteiger partial charge is 0.266 e. The fourth-order valence-corrected chi connectivity index (χ4v) is 3.46. The van der Waals surface area contributed by atoms with Crippen LogP contribution in [0.4, 0.5) is 0 Å². The van der Waals surface area contributed by atoms with E-state index in [0.717, 1.165) is 10.2 Å². The van der Waals surface area contributed by atoms with Gasteiger partial charge in [-0.2, -0.15) is 10.4 Å². The summed E-state index contributed by atoms with van der Waals surface area (Å²) in [6.45, 7) is 2.23. The zero-order valence-electron chi connectivity index (χ0n) is 11.7. The molecule has 0 aliphatic heterocycles. The van der Waals surface area contributed by atoms with Gasteiger partial charge in [-0.3, -0.25) is 4.79 Å². The van der Waals surface area contributed by atoms with Crippen molar-refractivity contribution in [2.45, 2.75) is 19.4 Å². The lowest BCUT2D eigenvalue weighted by Crippen LogP contribution is -2.24. The van der Waals surface area contributed by atoms with Crippen molar-refractivity contribution in [2.24, 2.45) is 0 Å². The van der Waals surface area contributed by atoms with Gasteiger partial charge in [0.05, 0.1) is 22.5 Å². The predicted octanol–water partition coefficient (Wildman–Crippen LogP) is 3.18. The molecule has 3 rings (SSSR count). The topological polar surface area (TPSA) is 71.6 Å². The molecule has 0 fully saturated rings. The van der Waals surface area contributed by atoms with E-state index in [1.807, 2.05) is 24.3 Å².